The van der Waals surface area contributed by atoms with E-state index in [2.05, 4.69) is 15.9 Å². The van der Waals surface area contributed by atoms with E-state index in [4.69, 9.17) is 4.74 Å². The van der Waals surface area contributed by atoms with Crippen LogP contribution < -0.4 is 9.64 Å². The molecule has 7 nitrogen and oxygen atoms in total. The molecule has 2 aliphatic rings. The van der Waals surface area contributed by atoms with Crippen LogP contribution in [0.4, 0.5) is 14.9 Å². The lowest BCUT2D eigenvalue weighted by Gasteiger charge is -2.36. The molecule has 0 unspecified atom stereocenters. The maximum absolute atomic E-state index is 12.4. The summed E-state index contributed by atoms with van der Waals surface area (Å²) in [6.45, 7) is 4.60. The van der Waals surface area contributed by atoms with Crippen LogP contribution in [-0.4, -0.2) is 92.8 Å². The number of hydrogen-bond acceptors (Lipinski definition) is 5. The van der Waals surface area contributed by atoms with Crippen LogP contribution in [0.2, 0.25) is 0 Å². The summed E-state index contributed by atoms with van der Waals surface area (Å²) < 4.78 is 17.9. The van der Waals surface area contributed by atoms with Crippen molar-refractivity contribution in [2.75, 3.05) is 71.0 Å². The van der Waals surface area contributed by atoms with E-state index in [9.17, 15) is 14.0 Å². The van der Waals surface area contributed by atoms with Gasteiger partial charge in [-0.15, -0.1) is 0 Å². The normalized spacial score (nSPS) is 18.3. The van der Waals surface area contributed by atoms with Crippen molar-refractivity contribution < 1.29 is 18.7 Å². The maximum Gasteiger partial charge on any atom is 0.327 e. The first-order valence-electron chi connectivity index (χ1n) is 9.89. The number of nitrogens with zero attached hydrogens (tertiary/aromatic N) is 4. The smallest absolute Gasteiger partial charge is 0.327 e. The monoisotopic (exact) mass is 391 g/mol. The standard InChI is InChI=1S/C20H29FN4O3/c1-28-18-7-3-2-6-17(18)23-14-12-22(13-15-23)9-4-5-10-25-19(26)16-24(11-8-21)20(25)27/h2-3,6-7H,4-5,8-16H2,1H3/i21-1. The quantitative estimate of drug-likeness (QED) is 0.475. The predicted octanol–water partition coefficient (Wildman–Crippen LogP) is 1.83. The summed E-state index contributed by atoms with van der Waals surface area (Å²) >= 11 is 0. The molecular formula is C20H29FN4O3. The number of halogens is 1. The molecule has 2 aliphatic heterocycles. The number of methoxy groups -OCH3 is 1. The van der Waals surface area contributed by atoms with Gasteiger partial charge in [0.25, 0.3) is 0 Å². The number of urea groups is 1. The van der Waals surface area contributed by atoms with Crippen molar-refractivity contribution >= 4 is 17.6 Å². The van der Waals surface area contributed by atoms with Crippen molar-refractivity contribution in [1.82, 2.24) is 14.7 Å². The number of carbonyl (C=O) groups excluding carboxylic acids is 2. The van der Waals surface area contributed by atoms with Gasteiger partial charge in [0, 0.05) is 32.7 Å². The highest BCUT2D eigenvalue weighted by atomic mass is 18.2. The topological polar surface area (TPSA) is 56.3 Å². The van der Waals surface area contributed by atoms with Gasteiger partial charge in [-0.25, -0.2) is 9.18 Å². The van der Waals surface area contributed by atoms with Crippen LogP contribution in [0.15, 0.2) is 24.3 Å². The largest absolute Gasteiger partial charge is 0.495 e. The Morgan fingerprint density at radius 1 is 1.00 bits per heavy atom. The van der Waals surface area contributed by atoms with Crippen molar-refractivity contribution in [1.29, 1.82) is 0 Å². The van der Waals surface area contributed by atoms with Crippen LogP contribution in [0, 0.1) is 0 Å². The molecule has 1 aromatic rings. The average Bonchev–Trinajstić information content (AvgIpc) is 2.99. The van der Waals surface area contributed by atoms with E-state index in [0.717, 1.165) is 57.0 Å². The molecule has 3 amide bonds. The fourth-order valence-corrected chi connectivity index (χ4v) is 3.80. The van der Waals surface area contributed by atoms with E-state index >= 15 is 0 Å². The van der Waals surface area contributed by atoms with Gasteiger partial charge in [-0.3, -0.25) is 14.6 Å². The first kappa shape index (κ1) is 20.4. The van der Waals surface area contributed by atoms with Gasteiger partial charge in [-0.05, 0) is 31.5 Å². The Labute approximate surface area is 165 Å². The fraction of sp³-hybridized carbons (Fsp3) is 0.600. The molecule has 0 bridgehead atoms. The zero-order valence-corrected chi connectivity index (χ0v) is 16.5. The predicted molar refractivity (Wildman–Crippen MR) is 106 cm³/mol. The number of imide groups is 1. The molecule has 0 N–H and O–H groups in total. The minimum absolute atomic E-state index is 0.00243. The molecule has 154 valence electrons. The summed E-state index contributed by atoms with van der Waals surface area (Å²) in [6, 6.07) is 7.72. The summed E-state index contributed by atoms with van der Waals surface area (Å²) in [6.07, 6.45) is 1.70. The van der Waals surface area contributed by atoms with Crippen LogP contribution in [0.25, 0.3) is 0 Å². The number of anilines is 1. The fourth-order valence-electron chi connectivity index (χ4n) is 3.80. The molecular weight excluding hydrogens is 362 g/mol. The lowest BCUT2D eigenvalue weighted by Crippen LogP contribution is -2.46. The molecule has 28 heavy (non-hydrogen) atoms. The number of carbonyl (C=O) groups is 2. The molecule has 0 saturated carbocycles. The summed E-state index contributed by atoms with van der Waals surface area (Å²) in [5, 5.41) is 0. The Morgan fingerprint density at radius 2 is 1.71 bits per heavy atom. The van der Waals surface area contributed by atoms with E-state index < -0.39 is 6.67 Å². The zero-order chi connectivity index (χ0) is 19.9. The number of piperazine rings is 1. The van der Waals surface area contributed by atoms with Gasteiger partial charge < -0.3 is 14.5 Å². The summed E-state index contributed by atoms with van der Waals surface area (Å²) in [7, 11) is 1.70. The summed E-state index contributed by atoms with van der Waals surface area (Å²) in [5.74, 6) is 0.682. The van der Waals surface area contributed by atoms with Crippen molar-refractivity contribution in [3.8, 4) is 5.75 Å². The van der Waals surface area contributed by atoms with Crippen molar-refractivity contribution in [3.63, 3.8) is 0 Å². The van der Waals surface area contributed by atoms with Gasteiger partial charge in [0.15, 0.2) is 0 Å². The number of unbranched alkanes of at least 4 members (excludes halogenated alkanes) is 1. The number of amides is 3. The Hall–Kier alpha value is -2.35. The molecule has 0 radical (unpaired) electrons. The lowest BCUT2D eigenvalue weighted by atomic mass is 10.2. The van der Waals surface area contributed by atoms with E-state index in [1.165, 1.54) is 9.80 Å². The maximum atomic E-state index is 12.4. The second-order valence-corrected chi connectivity index (χ2v) is 7.15. The third kappa shape index (κ3) is 4.73. The van der Waals surface area contributed by atoms with Gasteiger partial charge >= 0.3 is 6.03 Å². The Morgan fingerprint density at radius 3 is 2.43 bits per heavy atom. The second-order valence-electron chi connectivity index (χ2n) is 7.15. The van der Waals surface area contributed by atoms with E-state index in [1.54, 1.807) is 7.11 Å². The van der Waals surface area contributed by atoms with Crippen LogP contribution in [0.3, 0.4) is 0 Å². The summed E-state index contributed by atoms with van der Waals surface area (Å²) in [4.78, 5) is 31.3. The first-order chi connectivity index (χ1) is 13.6. The molecule has 8 heteroatoms. The number of alkyl halides is 1. The highest BCUT2D eigenvalue weighted by Gasteiger charge is 2.35. The van der Waals surface area contributed by atoms with E-state index in [-0.39, 0.29) is 25.0 Å². The molecule has 2 heterocycles. The van der Waals surface area contributed by atoms with Crippen molar-refractivity contribution in [3.05, 3.63) is 24.3 Å². The number of benzene rings is 1. The highest BCUT2D eigenvalue weighted by Crippen LogP contribution is 2.28. The number of para-hydroxylation sites is 2. The van der Waals surface area contributed by atoms with Gasteiger partial charge in [-0.1, -0.05) is 12.1 Å². The van der Waals surface area contributed by atoms with Gasteiger partial charge in [0.2, 0.25) is 5.91 Å². The third-order valence-electron chi connectivity index (χ3n) is 5.39. The average molecular weight is 391 g/mol. The summed E-state index contributed by atoms with van der Waals surface area (Å²) in [5.41, 5.74) is 1.13. The van der Waals surface area contributed by atoms with E-state index in [0.29, 0.717) is 6.54 Å². The van der Waals surface area contributed by atoms with Gasteiger partial charge in [0.05, 0.1) is 19.3 Å². The van der Waals surface area contributed by atoms with Gasteiger partial charge in [0.1, 0.15) is 19.0 Å². The molecule has 0 spiro atoms. The highest BCUT2D eigenvalue weighted by molar-refractivity contribution is 6.01. The minimum Gasteiger partial charge on any atom is -0.495 e. The SMILES string of the molecule is COc1ccccc1N1CCN(CCCCN2C(=O)CN(CC[18F])C2=O)CC1. The minimum atomic E-state index is -0.617. The van der Waals surface area contributed by atoms with E-state index in [1.807, 2.05) is 18.2 Å². The van der Waals surface area contributed by atoms with Crippen LogP contribution in [0.1, 0.15) is 12.8 Å². The second kappa shape index (κ2) is 9.73. The molecule has 0 atom stereocenters. The lowest BCUT2D eigenvalue weighted by molar-refractivity contribution is -0.125. The van der Waals surface area contributed by atoms with Crippen LogP contribution in [-0.2, 0) is 4.79 Å². The zero-order valence-electron chi connectivity index (χ0n) is 16.5. The number of ether oxygens (including phenoxy) is 1. The Balaban J connectivity index is 1.37. The molecule has 0 aromatic heterocycles. The van der Waals surface area contributed by atoms with Gasteiger partial charge in [-0.2, -0.15) is 0 Å². The van der Waals surface area contributed by atoms with Crippen molar-refractivity contribution in [2.45, 2.75) is 12.8 Å². The van der Waals surface area contributed by atoms with Crippen LogP contribution >= 0.6 is 0 Å². The van der Waals surface area contributed by atoms with Crippen LogP contribution in [0.5, 0.6) is 5.75 Å². The molecule has 0 aliphatic carbocycles. The molecule has 1 aromatic carbocycles. The van der Waals surface area contributed by atoms with Crippen molar-refractivity contribution in [2.24, 2.45) is 0 Å². The Kier molecular flexibility index (Phi) is 7.08. The number of rotatable bonds is 9. The molecule has 3 rings (SSSR count). The number of hydrogen-bond donors (Lipinski definition) is 0. The third-order valence-corrected chi connectivity index (χ3v) is 5.39. The molecule has 2 fully saturated rings. The molecule has 2 saturated heterocycles. The first-order valence-corrected chi connectivity index (χ1v) is 9.89. The Bertz CT molecular complexity index is 679.